The third kappa shape index (κ3) is 5.82. The van der Waals surface area contributed by atoms with Crippen molar-refractivity contribution in [2.75, 3.05) is 60.2 Å². The number of hydrogen-bond donors (Lipinski definition) is 2. The summed E-state index contributed by atoms with van der Waals surface area (Å²) in [6.07, 6.45) is 1.13. The highest BCUT2D eigenvalue weighted by atomic mass is 16.5. The van der Waals surface area contributed by atoms with E-state index < -0.39 is 0 Å². The Balaban J connectivity index is 1.52. The maximum atomic E-state index is 5.64. The Kier molecular flexibility index (Phi) is 7.74. The summed E-state index contributed by atoms with van der Waals surface area (Å²) in [4.78, 5) is 6.91. The molecule has 7 heteroatoms. The summed E-state index contributed by atoms with van der Waals surface area (Å²) < 4.78 is 16.4. The van der Waals surface area contributed by atoms with E-state index in [9.17, 15) is 0 Å². The quantitative estimate of drug-likeness (QED) is 0.549. The van der Waals surface area contributed by atoms with Gasteiger partial charge in [-0.15, -0.1) is 0 Å². The topological polar surface area (TPSA) is 67.4 Å². The van der Waals surface area contributed by atoms with E-state index in [1.165, 1.54) is 5.56 Å². The van der Waals surface area contributed by atoms with Crippen molar-refractivity contribution in [3.8, 4) is 5.75 Å². The number of benzene rings is 1. The molecule has 1 aromatic rings. The highest BCUT2D eigenvalue weighted by Crippen LogP contribution is 2.21. The molecule has 2 aliphatic rings. The maximum Gasteiger partial charge on any atom is 0.191 e. The second-order valence-corrected chi connectivity index (χ2v) is 6.99. The zero-order chi connectivity index (χ0) is 18.9. The second-order valence-electron chi connectivity index (χ2n) is 6.99. The normalized spacial score (nSPS) is 22.4. The maximum absolute atomic E-state index is 5.64. The van der Waals surface area contributed by atoms with Crippen molar-refractivity contribution in [3.05, 3.63) is 29.8 Å². The second kappa shape index (κ2) is 10.5. The van der Waals surface area contributed by atoms with Gasteiger partial charge in [0, 0.05) is 51.8 Å². The molecule has 2 fully saturated rings. The standard InChI is InChI=1S/C20H32N4O3/c1-21-20(22-13-16-3-5-18(25-2)6-4-16)23-14-19(17-7-10-27-15-17)24-8-11-26-12-9-24/h3-6,17,19H,7-15H2,1-2H3,(H2,21,22,23). The predicted molar refractivity (Wildman–Crippen MR) is 106 cm³/mol. The van der Waals surface area contributed by atoms with Crippen molar-refractivity contribution in [1.82, 2.24) is 15.5 Å². The number of morpholine rings is 1. The van der Waals surface area contributed by atoms with E-state index in [1.54, 1.807) is 7.11 Å². The molecule has 150 valence electrons. The first-order valence-electron chi connectivity index (χ1n) is 9.77. The fraction of sp³-hybridized carbons (Fsp3) is 0.650. The number of guanidine groups is 1. The van der Waals surface area contributed by atoms with Crippen molar-refractivity contribution in [2.45, 2.75) is 19.0 Å². The zero-order valence-corrected chi connectivity index (χ0v) is 16.4. The number of rotatable bonds is 7. The third-order valence-electron chi connectivity index (χ3n) is 5.35. The molecule has 2 saturated heterocycles. The SMILES string of the molecule is CN=C(NCc1ccc(OC)cc1)NCC(C1CCOC1)N1CCOCC1. The van der Waals surface area contributed by atoms with Crippen LogP contribution in [-0.4, -0.2) is 77.1 Å². The average molecular weight is 377 g/mol. The van der Waals surface area contributed by atoms with Crippen molar-refractivity contribution < 1.29 is 14.2 Å². The molecule has 0 radical (unpaired) electrons. The van der Waals surface area contributed by atoms with Crippen LogP contribution in [0.1, 0.15) is 12.0 Å². The first kappa shape index (κ1) is 19.9. The molecular weight excluding hydrogens is 344 g/mol. The van der Waals surface area contributed by atoms with Crippen LogP contribution < -0.4 is 15.4 Å². The van der Waals surface area contributed by atoms with Gasteiger partial charge in [0.1, 0.15) is 5.75 Å². The lowest BCUT2D eigenvalue weighted by molar-refractivity contribution is 0.00246. The van der Waals surface area contributed by atoms with Gasteiger partial charge in [0.15, 0.2) is 5.96 Å². The number of nitrogens with one attached hydrogen (secondary N) is 2. The fourth-order valence-corrected chi connectivity index (χ4v) is 3.71. The average Bonchev–Trinajstić information content (AvgIpc) is 3.26. The van der Waals surface area contributed by atoms with Crippen molar-refractivity contribution in [2.24, 2.45) is 10.9 Å². The summed E-state index contributed by atoms with van der Waals surface area (Å²) in [6.45, 7) is 6.90. The molecule has 0 aromatic heterocycles. The molecule has 3 rings (SSSR count). The number of aliphatic imine (C=N–C) groups is 1. The summed E-state index contributed by atoms with van der Waals surface area (Å²) in [7, 11) is 3.49. The summed E-state index contributed by atoms with van der Waals surface area (Å²) >= 11 is 0. The lowest BCUT2D eigenvalue weighted by atomic mass is 9.97. The van der Waals surface area contributed by atoms with Crippen molar-refractivity contribution >= 4 is 5.96 Å². The highest BCUT2D eigenvalue weighted by molar-refractivity contribution is 5.79. The molecule has 1 aromatic carbocycles. The van der Waals surface area contributed by atoms with E-state index in [0.29, 0.717) is 12.0 Å². The minimum Gasteiger partial charge on any atom is -0.497 e. The molecule has 2 N–H and O–H groups in total. The van der Waals surface area contributed by atoms with Crippen LogP contribution in [0.4, 0.5) is 0 Å². The van der Waals surface area contributed by atoms with Gasteiger partial charge in [-0.05, 0) is 24.1 Å². The Morgan fingerprint density at radius 3 is 2.59 bits per heavy atom. The van der Waals surface area contributed by atoms with Gasteiger partial charge >= 0.3 is 0 Å². The minimum absolute atomic E-state index is 0.441. The number of methoxy groups -OCH3 is 1. The van der Waals surface area contributed by atoms with Gasteiger partial charge in [0.25, 0.3) is 0 Å². The zero-order valence-electron chi connectivity index (χ0n) is 16.4. The van der Waals surface area contributed by atoms with Crippen LogP contribution in [0.2, 0.25) is 0 Å². The van der Waals surface area contributed by atoms with Crippen LogP contribution in [0, 0.1) is 5.92 Å². The fourth-order valence-electron chi connectivity index (χ4n) is 3.71. The van der Waals surface area contributed by atoms with E-state index in [-0.39, 0.29) is 0 Å². The molecule has 0 bridgehead atoms. The summed E-state index contributed by atoms with van der Waals surface area (Å²) in [5.74, 6) is 2.26. The molecule has 27 heavy (non-hydrogen) atoms. The van der Waals surface area contributed by atoms with E-state index in [0.717, 1.165) is 70.7 Å². The van der Waals surface area contributed by atoms with Gasteiger partial charge in [-0.1, -0.05) is 12.1 Å². The molecule has 2 atom stereocenters. The molecule has 7 nitrogen and oxygen atoms in total. The monoisotopic (exact) mass is 376 g/mol. The smallest absolute Gasteiger partial charge is 0.191 e. The van der Waals surface area contributed by atoms with E-state index in [1.807, 2.05) is 19.2 Å². The number of ether oxygens (including phenoxy) is 3. The van der Waals surface area contributed by atoms with Gasteiger partial charge < -0.3 is 24.8 Å². The molecular formula is C20H32N4O3. The summed E-state index contributed by atoms with van der Waals surface area (Å²) in [5.41, 5.74) is 1.19. The van der Waals surface area contributed by atoms with E-state index in [2.05, 4.69) is 32.7 Å². The number of hydrogen-bond acceptors (Lipinski definition) is 5. The Morgan fingerprint density at radius 2 is 1.96 bits per heavy atom. The highest BCUT2D eigenvalue weighted by Gasteiger charge is 2.31. The molecule has 0 spiro atoms. The summed E-state index contributed by atoms with van der Waals surface area (Å²) in [6, 6.07) is 8.51. The third-order valence-corrected chi connectivity index (χ3v) is 5.35. The van der Waals surface area contributed by atoms with Crippen molar-refractivity contribution in [3.63, 3.8) is 0 Å². The van der Waals surface area contributed by atoms with E-state index >= 15 is 0 Å². The van der Waals surface area contributed by atoms with Gasteiger partial charge in [0.05, 0.1) is 26.9 Å². The van der Waals surface area contributed by atoms with Gasteiger partial charge in [-0.25, -0.2) is 0 Å². The molecule has 2 aliphatic heterocycles. The van der Waals surface area contributed by atoms with Crippen LogP contribution in [0.15, 0.2) is 29.3 Å². The first-order valence-corrected chi connectivity index (χ1v) is 9.77. The Morgan fingerprint density at radius 1 is 1.19 bits per heavy atom. The van der Waals surface area contributed by atoms with Crippen molar-refractivity contribution in [1.29, 1.82) is 0 Å². The minimum atomic E-state index is 0.441. The first-order chi connectivity index (χ1) is 13.3. The lowest BCUT2D eigenvalue weighted by Crippen LogP contribution is -2.53. The largest absolute Gasteiger partial charge is 0.497 e. The van der Waals surface area contributed by atoms with Crippen LogP contribution in [-0.2, 0) is 16.0 Å². The van der Waals surface area contributed by atoms with Crippen LogP contribution in [0.25, 0.3) is 0 Å². The Hall–Kier alpha value is -1.83. The summed E-state index contributed by atoms with van der Waals surface area (Å²) in [5, 5.41) is 6.91. The lowest BCUT2D eigenvalue weighted by Gasteiger charge is -2.37. The van der Waals surface area contributed by atoms with Crippen LogP contribution >= 0.6 is 0 Å². The molecule has 2 unspecified atom stereocenters. The van der Waals surface area contributed by atoms with Crippen LogP contribution in [0.5, 0.6) is 5.75 Å². The molecule has 0 saturated carbocycles. The van der Waals surface area contributed by atoms with E-state index in [4.69, 9.17) is 14.2 Å². The van der Waals surface area contributed by atoms with Gasteiger partial charge in [0.2, 0.25) is 0 Å². The number of nitrogens with zero attached hydrogens (tertiary/aromatic N) is 2. The molecule has 0 aliphatic carbocycles. The predicted octanol–water partition coefficient (Wildman–Crippen LogP) is 1.10. The van der Waals surface area contributed by atoms with Gasteiger partial charge in [-0.2, -0.15) is 0 Å². The molecule has 0 amide bonds. The van der Waals surface area contributed by atoms with Gasteiger partial charge in [-0.3, -0.25) is 9.89 Å². The molecule has 2 heterocycles. The van der Waals surface area contributed by atoms with Crippen LogP contribution in [0.3, 0.4) is 0 Å². The Bertz CT molecular complexity index is 581. The Labute approximate surface area is 162 Å².